The van der Waals surface area contributed by atoms with E-state index in [0.29, 0.717) is 23.9 Å². The fraction of sp³-hybridized carbons (Fsp3) is 0.429. The van der Waals surface area contributed by atoms with Crippen molar-refractivity contribution in [3.05, 3.63) is 29.3 Å². The van der Waals surface area contributed by atoms with Gasteiger partial charge in [-0.15, -0.1) is 11.8 Å². The Balaban J connectivity index is 2.35. The van der Waals surface area contributed by atoms with Crippen LogP contribution in [0, 0.1) is 0 Å². The monoisotopic (exact) mass is 315 g/mol. The number of rotatable bonds is 7. The lowest BCUT2D eigenvalue weighted by atomic mass is 10.4. The molecule has 0 bridgehead atoms. The first kappa shape index (κ1) is 16.9. The smallest absolute Gasteiger partial charge is 0.307 e. The molecule has 0 spiro atoms. The molecule has 1 amide bonds. The highest BCUT2D eigenvalue weighted by atomic mass is 35.5. The van der Waals surface area contributed by atoms with Gasteiger partial charge in [-0.1, -0.05) is 23.7 Å². The number of ether oxygens (including phenoxy) is 1. The van der Waals surface area contributed by atoms with Crippen LogP contribution in [0.25, 0.3) is 0 Å². The number of hydrogen-bond acceptors (Lipinski definition) is 4. The van der Waals surface area contributed by atoms with E-state index in [1.807, 2.05) is 18.2 Å². The number of carbonyl (C=O) groups excluding carboxylic acids is 2. The maximum Gasteiger partial charge on any atom is 0.307 e. The second kappa shape index (κ2) is 8.87. The van der Waals surface area contributed by atoms with Gasteiger partial charge in [0.05, 0.1) is 23.8 Å². The molecule has 0 atom stereocenters. The van der Waals surface area contributed by atoms with Crippen molar-refractivity contribution in [1.82, 2.24) is 4.90 Å². The summed E-state index contributed by atoms with van der Waals surface area (Å²) in [7, 11) is 1.68. The number of benzene rings is 1. The van der Waals surface area contributed by atoms with Gasteiger partial charge in [-0.05, 0) is 19.1 Å². The Bertz CT molecular complexity index is 467. The highest BCUT2D eigenvalue weighted by molar-refractivity contribution is 8.00. The maximum absolute atomic E-state index is 11.9. The van der Waals surface area contributed by atoms with E-state index in [9.17, 15) is 9.59 Å². The Labute approximate surface area is 128 Å². The van der Waals surface area contributed by atoms with E-state index in [1.54, 1.807) is 20.0 Å². The number of esters is 1. The molecule has 0 saturated carbocycles. The van der Waals surface area contributed by atoms with Gasteiger partial charge in [0.1, 0.15) is 0 Å². The minimum Gasteiger partial charge on any atom is -0.466 e. The number of thioether (sulfide) groups is 1. The number of hydrogen-bond donors (Lipinski definition) is 0. The molecule has 110 valence electrons. The lowest BCUT2D eigenvalue weighted by molar-refractivity contribution is -0.143. The van der Waals surface area contributed by atoms with E-state index in [0.717, 1.165) is 4.90 Å². The summed E-state index contributed by atoms with van der Waals surface area (Å²) in [6.07, 6.45) is 0.215. The van der Waals surface area contributed by atoms with Crippen LogP contribution >= 0.6 is 23.4 Å². The Hall–Kier alpha value is -1.20. The van der Waals surface area contributed by atoms with Crippen molar-refractivity contribution in [2.75, 3.05) is 26.0 Å². The average molecular weight is 316 g/mol. The third-order valence-corrected chi connectivity index (χ3v) is 4.07. The Morgan fingerprint density at radius 3 is 2.70 bits per heavy atom. The third-order valence-electron chi connectivity index (χ3n) is 2.57. The number of carbonyl (C=O) groups is 2. The summed E-state index contributed by atoms with van der Waals surface area (Å²) in [6, 6.07) is 7.39. The van der Waals surface area contributed by atoms with E-state index in [4.69, 9.17) is 16.3 Å². The van der Waals surface area contributed by atoms with Crippen molar-refractivity contribution in [3.8, 4) is 0 Å². The van der Waals surface area contributed by atoms with Crippen LogP contribution in [-0.4, -0.2) is 42.7 Å². The molecule has 0 fully saturated rings. The standard InChI is InChI=1S/C14H18ClNO3S/c1-3-19-14(18)8-9-16(2)13(17)10-20-12-7-5-4-6-11(12)15/h4-7H,3,8-10H2,1-2H3. The van der Waals surface area contributed by atoms with E-state index in [2.05, 4.69) is 0 Å². The van der Waals surface area contributed by atoms with Gasteiger partial charge in [0.2, 0.25) is 5.91 Å². The van der Waals surface area contributed by atoms with Crippen LogP contribution in [-0.2, 0) is 14.3 Å². The maximum atomic E-state index is 11.9. The molecule has 4 nitrogen and oxygen atoms in total. The molecule has 0 aliphatic carbocycles. The first-order valence-corrected chi connectivity index (χ1v) is 7.68. The van der Waals surface area contributed by atoms with Gasteiger partial charge in [-0.3, -0.25) is 9.59 Å². The molecule has 1 aromatic carbocycles. The summed E-state index contributed by atoms with van der Waals surface area (Å²) in [4.78, 5) is 25.5. The van der Waals surface area contributed by atoms with Crippen molar-refractivity contribution >= 4 is 35.2 Å². The second-order valence-electron chi connectivity index (χ2n) is 4.09. The van der Waals surface area contributed by atoms with Crippen molar-refractivity contribution in [3.63, 3.8) is 0 Å². The molecular formula is C14H18ClNO3S. The lowest BCUT2D eigenvalue weighted by Crippen LogP contribution is -2.30. The predicted molar refractivity (Wildman–Crippen MR) is 81.1 cm³/mol. The first-order valence-electron chi connectivity index (χ1n) is 6.31. The van der Waals surface area contributed by atoms with E-state index >= 15 is 0 Å². The van der Waals surface area contributed by atoms with Crippen molar-refractivity contribution < 1.29 is 14.3 Å². The van der Waals surface area contributed by atoms with Crippen molar-refractivity contribution in [1.29, 1.82) is 0 Å². The van der Waals surface area contributed by atoms with Gasteiger partial charge in [0.25, 0.3) is 0 Å². The Morgan fingerprint density at radius 1 is 1.35 bits per heavy atom. The van der Waals surface area contributed by atoms with E-state index in [1.165, 1.54) is 16.7 Å². The molecule has 0 aliphatic rings. The molecule has 0 aliphatic heterocycles. The number of nitrogens with zero attached hydrogens (tertiary/aromatic N) is 1. The summed E-state index contributed by atoms with van der Waals surface area (Å²) in [6.45, 7) is 2.48. The van der Waals surface area contributed by atoms with Crippen LogP contribution in [0.15, 0.2) is 29.2 Å². The minimum atomic E-state index is -0.286. The fourth-order valence-corrected chi connectivity index (χ4v) is 2.61. The van der Waals surface area contributed by atoms with Crippen molar-refractivity contribution in [2.45, 2.75) is 18.2 Å². The lowest BCUT2D eigenvalue weighted by Gasteiger charge is -2.16. The zero-order valence-corrected chi connectivity index (χ0v) is 13.2. The topological polar surface area (TPSA) is 46.6 Å². The van der Waals surface area contributed by atoms with Crippen LogP contribution in [0.1, 0.15) is 13.3 Å². The highest BCUT2D eigenvalue weighted by Gasteiger charge is 2.12. The SMILES string of the molecule is CCOC(=O)CCN(C)C(=O)CSc1ccccc1Cl. The normalized spacial score (nSPS) is 10.2. The zero-order chi connectivity index (χ0) is 15.0. The first-order chi connectivity index (χ1) is 9.54. The molecule has 0 heterocycles. The van der Waals surface area contributed by atoms with Crippen LogP contribution in [0.4, 0.5) is 0 Å². The van der Waals surface area contributed by atoms with Crippen molar-refractivity contribution in [2.24, 2.45) is 0 Å². The molecule has 0 unspecified atom stereocenters. The summed E-state index contributed by atoms with van der Waals surface area (Å²) in [5, 5.41) is 0.638. The third kappa shape index (κ3) is 5.84. The molecule has 1 aromatic rings. The van der Waals surface area contributed by atoms with Crippen LogP contribution in [0.2, 0.25) is 5.02 Å². The average Bonchev–Trinajstić information content (AvgIpc) is 2.44. The molecule has 0 saturated heterocycles. The van der Waals surface area contributed by atoms with Crippen LogP contribution in [0.3, 0.4) is 0 Å². The quantitative estimate of drug-likeness (QED) is 0.573. The molecule has 0 radical (unpaired) electrons. The summed E-state index contributed by atoms with van der Waals surface area (Å²) >= 11 is 7.41. The molecule has 0 N–H and O–H groups in total. The van der Waals surface area contributed by atoms with Crippen LogP contribution < -0.4 is 0 Å². The van der Waals surface area contributed by atoms with E-state index < -0.39 is 0 Å². The minimum absolute atomic E-state index is 0.0424. The molecule has 6 heteroatoms. The summed E-state index contributed by atoms with van der Waals surface area (Å²) in [5.41, 5.74) is 0. The van der Waals surface area contributed by atoms with Gasteiger partial charge in [-0.25, -0.2) is 0 Å². The summed E-state index contributed by atoms with van der Waals surface area (Å²) < 4.78 is 4.82. The van der Waals surface area contributed by atoms with Gasteiger partial charge in [-0.2, -0.15) is 0 Å². The van der Waals surface area contributed by atoms with E-state index in [-0.39, 0.29) is 18.3 Å². The highest BCUT2D eigenvalue weighted by Crippen LogP contribution is 2.26. The largest absolute Gasteiger partial charge is 0.466 e. The zero-order valence-electron chi connectivity index (χ0n) is 11.6. The fourth-order valence-electron chi connectivity index (χ4n) is 1.43. The molecular weight excluding hydrogens is 298 g/mol. The van der Waals surface area contributed by atoms with Gasteiger partial charge >= 0.3 is 5.97 Å². The van der Waals surface area contributed by atoms with Gasteiger partial charge in [0, 0.05) is 18.5 Å². The van der Waals surface area contributed by atoms with Gasteiger partial charge in [0.15, 0.2) is 0 Å². The second-order valence-corrected chi connectivity index (χ2v) is 5.51. The molecule has 1 rings (SSSR count). The Kier molecular flexibility index (Phi) is 7.47. The molecule has 0 aromatic heterocycles. The van der Waals surface area contributed by atoms with Crippen LogP contribution in [0.5, 0.6) is 0 Å². The number of halogens is 1. The Morgan fingerprint density at radius 2 is 2.05 bits per heavy atom. The number of amides is 1. The summed E-state index contributed by atoms with van der Waals surface area (Å²) in [5.74, 6) is -0.0339. The van der Waals surface area contributed by atoms with Gasteiger partial charge < -0.3 is 9.64 Å². The molecule has 20 heavy (non-hydrogen) atoms. The predicted octanol–water partition coefficient (Wildman–Crippen LogP) is 2.84.